The van der Waals surface area contributed by atoms with Crippen LogP contribution in [0.3, 0.4) is 0 Å². The van der Waals surface area contributed by atoms with E-state index in [0.29, 0.717) is 36.9 Å². The van der Waals surface area contributed by atoms with Crippen molar-refractivity contribution in [2.24, 2.45) is 29.1 Å². The van der Waals surface area contributed by atoms with E-state index in [-0.39, 0.29) is 5.41 Å². The monoisotopic (exact) mass is 430 g/mol. The van der Waals surface area contributed by atoms with Crippen molar-refractivity contribution in [3.8, 4) is 0 Å². The maximum Gasteiger partial charge on any atom is 0.279 e. The third-order valence-corrected chi connectivity index (χ3v) is 11.0. The van der Waals surface area contributed by atoms with Crippen LogP contribution in [0.5, 0.6) is 0 Å². The quantitative estimate of drug-likeness (QED) is 0.423. The molecule has 1 N–H and O–H groups in total. The SMILES string of the molecule is CC[C@]12CC(O)(C[Si](C)(C)C)C3C4CCCC=C4CCC3C1CCC2=C1OCCO1. The summed E-state index contributed by atoms with van der Waals surface area (Å²) in [6.07, 6.45) is 13.3. The molecule has 0 aromatic heterocycles. The lowest BCUT2D eigenvalue weighted by Gasteiger charge is -2.61. The highest BCUT2D eigenvalue weighted by atomic mass is 28.3. The Morgan fingerprint density at radius 1 is 1.10 bits per heavy atom. The summed E-state index contributed by atoms with van der Waals surface area (Å²) in [5.41, 5.74) is 2.65. The van der Waals surface area contributed by atoms with E-state index in [0.717, 1.165) is 31.3 Å². The Labute approximate surface area is 184 Å². The lowest BCUT2D eigenvalue weighted by atomic mass is 9.46. The number of ether oxygens (including phenoxy) is 2. The summed E-state index contributed by atoms with van der Waals surface area (Å²) < 4.78 is 12.0. The van der Waals surface area contributed by atoms with Crippen molar-refractivity contribution >= 4 is 8.07 Å². The lowest BCUT2D eigenvalue weighted by Crippen LogP contribution is -2.61. The lowest BCUT2D eigenvalue weighted by molar-refractivity contribution is -0.152. The molecule has 1 heterocycles. The molecule has 1 saturated heterocycles. The van der Waals surface area contributed by atoms with E-state index in [2.05, 4.69) is 32.6 Å². The molecule has 5 unspecified atom stereocenters. The van der Waals surface area contributed by atoms with Gasteiger partial charge in [-0.1, -0.05) is 38.2 Å². The van der Waals surface area contributed by atoms with E-state index in [9.17, 15) is 5.11 Å². The third-order valence-electron chi connectivity index (χ3n) is 9.30. The maximum absolute atomic E-state index is 12.6. The molecule has 5 rings (SSSR count). The maximum atomic E-state index is 12.6. The molecule has 1 aliphatic heterocycles. The van der Waals surface area contributed by atoms with E-state index in [1.165, 1.54) is 44.1 Å². The summed E-state index contributed by atoms with van der Waals surface area (Å²) in [5.74, 6) is 3.27. The highest BCUT2D eigenvalue weighted by molar-refractivity contribution is 6.76. The van der Waals surface area contributed by atoms with Gasteiger partial charge in [-0.2, -0.15) is 0 Å². The zero-order valence-electron chi connectivity index (χ0n) is 19.6. The van der Waals surface area contributed by atoms with E-state index in [4.69, 9.17) is 9.47 Å². The first-order chi connectivity index (χ1) is 14.3. The summed E-state index contributed by atoms with van der Waals surface area (Å²) in [6, 6.07) is 1.03. The fourth-order valence-electron chi connectivity index (χ4n) is 8.76. The average Bonchev–Trinajstić information content (AvgIpc) is 3.33. The van der Waals surface area contributed by atoms with Gasteiger partial charge in [-0.05, 0) is 87.5 Å². The van der Waals surface area contributed by atoms with Crippen LogP contribution in [0.25, 0.3) is 0 Å². The van der Waals surface area contributed by atoms with E-state index in [1.54, 1.807) is 5.57 Å². The van der Waals surface area contributed by atoms with Crippen molar-refractivity contribution in [1.82, 2.24) is 0 Å². The van der Waals surface area contributed by atoms with E-state index in [1.807, 2.05) is 0 Å². The van der Waals surface area contributed by atoms with Gasteiger partial charge >= 0.3 is 0 Å². The minimum Gasteiger partial charge on any atom is -0.462 e. The van der Waals surface area contributed by atoms with Gasteiger partial charge < -0.3 is 14.6 Å². The van der Waals surface area contributed by atoms with Crippen LogP contribution in [-0.2, 0) is 9.47 Å². The van der Waals surface area contributed by atoms with Gasteiger partial charge in [-0.15, -0.1) is 0 Å². The molecule has 30 heavy (non-hydrogen) atoms. The van der Waals surface area contributed by atoms with Crippen molar-refractivity contribution in [2.45, 2.75) is 96.0 Å². The number of allylic oxidation sites excluding steroid dienone is 3. The van der Waals surface area contributed by atoms with Crippen molar-refractivity contribution < 1.29 is 14.6 Å². The largest absolute Gasteiger partial charge is 0.462 e. The second-order valence-electron chi connectivity index (χ2n) is 12.2. The smallest absolute Gasteiger partial charge is 0.279 e. The van der Waals surface area contributed by atoms with Gasteiger partial charge in [-0.25, -0.2) is 0 Å². The minimum absolute atomic E-state index is 0.0745. The van der Waals surface area contributed by atoms with Gasteiger partial charge in [0.15, 0.2) is 0 Å². The Morgan fingerprint density at radius 3 is 2.57 bits per heavy atom. The molecule has 168 valence electrons. The predicted octanol–water partition coefficient (Wildman–Crippen LogP) is 6.28. The van der Waals surface area contributed by atoms with E-state index >= 15 is 0 Å². The zero-order chi connectivity index (χ0) is 21.1. The minimum atomic E-state index is -1.44. The molecule has 4 fully saturated rings. The van der Waals surface area contributed by atoms with Gasteiger partial charge in [0.2, 0.25) is 0 Å². The summed E-state index contributed by atoms with van der Waals surface area (Å²) in [7, 11) is -1.44. The van der Waals surface area contributed by atoms with Crippen LogP contribution >= 0.6 is 0 Å². The standard InChI is InChI=1S/C26H42O3Si/c1-5-25-16-26(27,17-30(2,3)4)23-19-9-7-6-8-18(19)10-11-20(23)21(25)12-13-22(25)24-28-14-15-29-24/h8,19-21,23,27H,5-7,9-17H2,1-4H3/t19?,20?,21?,23?,25-,26?/m0/s1. The molecule has 3 nitrogen and oxygen atoms in total. The molecule has 4 aliphatic carbocycles. The van der Waals surface area contributed by atoms with Crippen LogP contribution in [0.15, 0.2) is 23.2 Å². The van der Waals surface area contributed by atoms with Gasteiger partial charge in [0.1, 0.15) is 13.2 Å². The molecule has 3 saturated carbocycles. The Kier molecular flexibility index (Phi) is 5.21. The summed E-state index contributed by atoms with van der Waals surface area (Å²) in [5, 5.41) is 12.6. The van der Waals surface area contributed by atoms with Gasteiger partial charge in [0, 0.05) is 19.1 Å². The molecule has 0 bridgehead atoms. The second-order valence-corrected chi connectivity index (χ2v) is 17.7. The number of hydrogen-bond acceptors (Lipinski definition) is 3. The molecule has 0 spiro atoms. The molecule has 0 radical (unpaired) electrons. The number of fused-ring (bicyclic) bond motifs is 5. The first-order valence-corrected chi connectivity index (χ1v) is 16.4. The summed E-state index contributed by atoms with van der Waals surface area (Å²) >= 11 is 0. The summed E-state index contributed by atoms with van der Waals surface area (Å²) in [4.78, 5) is 0. The van der Waals surface area contributed by atoms with Gasteiger partial charge in [0.05, 0.1) is 5.60 Å². The highest BCUT2D eigenvalue weighted by Gasteiger charge is 2.65. The molecular formula is C26H42O3Si. The topological polar surface area (TPSA) is 38.7 Å². The highest BCUT2D eigenvalue weighted by Crippen LogP contribution is 2.69. The van der Waals surface area contributed by atoms with Gasteiger partial charge in [0.25, 0.3) is 5.95 Å². The number of rotatable bonds is 3. The zero-order valence-corrected chi connectivity index (χ0v) is 20.6. The summed E-state index contributed by atoms with van der Waals surface area (Å²) in [6.45, 7) is 11.1. The number of hydrogen-bond donors (Lipinski definition) is 1. The van der Waals surface area contributed by atoms with Crippen molar-refractivity contribution in [3.63, 3.8) is 0 Å². The van der Waals surface area contributed by atoms with E-state index < -0.39 is 13.7 Å². The van der Waals surface area contributed by atoms with Crippen LogP contribution in [0.4, 0.5) is 0 Å². The first-order valence-electron chi connectivity index (χ1n) is 12.7. The van der Waals surface area contributed by atoms with Gasteiger partial charge in [-0.3, -0.25) is 0 Å². The molecule has 5 aliphatic rings. The fraction of sp³-hybridized carbons (Fsp3) is 0.846. The van der Waals surface area contributed by atoms with Crippen molar-refractivity contribution in [2.75, 3.05) is 13.2 Å². The Morgan fingerprint density at radius 2 is 1.87 bits per heavy atom. The molecular weight excluding hydrogens is 388 g/mol. The Bertz CT molecular complexity index is 742. The molecule has 0 amide bonds. The predicted molar refractivity (Wildman–Crippen MR) is 124 cm³/mol. The molecule has 4 heteroatoms. The average molecular weight is 431 g/mol. The van der Waals surface area contributed by atoms with Crippen LogP contribution < -0.4 is 0 Å². The number of aliphatic hydroxyl groups is 1. The second kappa shape index (κ2) is 7.40. The van der Waals surface area contributed by atoms with Crippen LogP contribution in [0.1, 0.15) is 64.7 Å². The Balaban J connectivity index is 1.62. The molecule has 0 aromatic carbocycles. The normalized spacial score (nSPS) is 43.3. The van der Waals surface area contributed by atoms with Crippen LogP contribution in [-0.4, -0.2) is 32.0 Å². The third kappa shape index (κ3) is 3.23. The first kappa shape index (κ1) is 21.1. The van der Waals surface area contributed by atoms with Crippen molar-refractivity contribution in [3.05, 3.63) is 23.2 Å². The van der Waals surface area contributed by atoms with Crippen LogP contribution in [0.2, 0.25) is 25.7 Å². The van der Waals surface area contributed by atoms with Crippen LogP contribution in [0, 0.1) is 29.1 Å². The molecule has 0 aromatic rings. The molecule has 6 atom stereocenters. The fourth-order valence-corrected chi connectivity index (χ4v) is 11.0. The Hall–Kier alpha value is -0.743. The van der Waals surface area contributed by atoms with Crippen molar-refractivity contribution in [1.29, 1.82) is 0 Å².